The van der Waals surface area contributed by atoms with Gasteiger partial charge in [-0.1, -0.05) is 51.1 Å². The lowest BCUT2D eigenvalue weighted by Crippen LogP contribution is -2.53. The minimum absolute atomic E-state index is 0.0326. The third-order valence-electron chi connectivity index (χ3n) is 7.33. The van der Waals surface area contributed by atoms with E-state index in [1.54, 1.807) is 0 Å². The highest BCUT2D eigenvalue weighted by molar-refractivity contribution is 5.85. The number of halogens is 2. The molecule has 2 atom stereocenters. The van der Waals surface area contributed by atoms with E-state index in [0.29, 0.717) is 0 Å². The second-order valence-corrected chi connectivity index (χ2v) is 11.6. The van der Waals surface area contributed by atoms with Gasteiger partial charge in [-0.2, -0.15) is 0 Å². The number of rotatable bonds is 6. The molecule has 1 N–H and O–H groups in total. The van der Waals surface area contributed by atoms with Crippen LogP contribution >= 0.6 is 0 Å². The van der Waals surface area contributed by atoms with Crippen molar-refractivity contribution in [3.05, 3.63) is 77.0 Å². The summed E-state index contributed by atoms with van der Waals surface area (Å²) >= 11 is 0. The van der Waals surface area contributed by atoms with Crippen molar-refractivity contribution in [2.45, 2.75) is 59.2 Å². The highest BCUT2D eigenvalue weighted by Crippen LogP contribution is 2.44. The molecule has 192 valence electrons. The number of likely N-dealkylation sites (tertiary alicyclic amines) is 1. The molecule has 1 fully saturated rings. The second-order valence-electron chi connectivity index (χ2n) is 11.6. The summed E-state index contributed by atoms with van der Waals surface area (Å²) in [5, 5.41) is 1.13. The maximum Gasteiger partial charge on any atom is 0.135 e. The van der Waals surface area contributed by atoms with Crippen LogP contribution in [0.2, 0.25) is 0 Å². The number of nitrogens with one attached hydrogen (secondary N) is 1. The maximum absolute atomic E-state index is 15.8. The number of hydrogen-bond donors (Lipinski definition) is 1. The smallest absolute Gasteiger partial charge is 0.135 e. The highest BCUT2D eigenvalue weighted by Gasteiger charge is 2.40. The molecule has 0 unspecified atom stereocenters. The van der Waals surface area contributed by atoms with Gasteiger partial charge in [0.15, 0.2) is 0 Å². The Morgan fingerprint density at radius 2 is 1.81 bits per heavy atom. The Bertz CT molecular complexity index is 1250. The summed E-state index contributed by atoms with van der Waals surface area (Å²) in [5.74, 6) is -0.858. The molecule has 0 saturated carbocycles. The fraction of sp³-hybridized carbons (Fsp3) is 0.467. The van der Waals surface area contributed by atoms with Gasteiger partial charge in [-0.05, 0) is 37.3 Å². The predicted octanol–water partition coefficient (Wildman–Crippen LogP) is 6.47. The first-order valence-electron chi connectivity index (χ1n) is 13.0. The number of fused-ring (bicyclic) bond motifs is 3. The summed E-state index contributed by atoms with van der Waals surface area (Å²) in [5.41, 5.74) is 3.11. The topological polar surface area (TPSA) is 31.5 Å². The fourth-order valence-electron chi connectivity index (χ4n) is 5.70. The molecule has 0 bridgehead atoms. The zero-order valence-corrected chi connectivity index (χ0v) is 21.9. The molecule has 2 aliphatic rings. The quantitative estimate of drug-likeness (QED) is 0.400. The van der Waals surface area contributed by atoms with Gasteiger partial charge >= 0.3 is 0 Å². The van der Waals surface area contributed by atoms with E-state index < -0.39 is 17.7 Å². The second kappa shape index (κ2) is 9.64. The number of H-pyrrole nitrogens is 1. The molecule has 2 aromatic carbocycles. The van der Waals surface area contributed by atoms with E-state index in [-0.39, 0.29) is 28.9 Å². The number of aromatic nitrogens is 1. The van der Waals surface area contributed by atoms with Crippen molar-refractivity contribution in [1.29, 1.82) is 0 Å². The van der Waals surface area contributed by atoms with Crippen LogP contribution in [0.15, 0.2) is 48.6 Å². The summed E-state index contributed by atoms with van der Waals surface area (Å²) in [6.45, 7) is 13.8. The van der Waals surface area contributed by atoms with E-state index in [9.17, 15) is 0 Å². The van der Waals surface area contributed by atoms with E-state index in [1.165, 1.54) is 12.1 Å². The normalized spacial score (nSPS) is 21.8. The largest absolute Gasteiger partial charge is 0.488 e. The zero-order chi connectivity index (χ0) is 25.6. The number of hydrogen-bond acceptors (Lipinski definition) is 3. The standard InChI is InChI=1S/C30H37F2N3O/c1-6-7-12-34-16-21(17-34)36-20-14-24(31)27(25(32)15-20)29-28-23(22-10-8-9-11-26(22)33-28)13-19(2)35(29)18-30(3,4)5/h6-11,14-15,19,21,29,33H,12-13,16-18H2,1-5H3/b7-6+/t19-,29-/m1/s1. The summed E-state index contributed by atoms with van der Waals surface area (Å²) in [6, 6.07) is 10.5. The Kier molecular flexibility index (Phi) is 6.69. The van der Waals surface area contributed by atoms with Crippen molar-refractivity contribution < 1.29 is 13.5 Å². The van der Waals surface area contributed by atoms with Gasteiger partial charge in [-0.3, -0.25) is 9.80 Å². The van der Waals surface area contributed by atoms with Crippen LogP contribution in [0.3, 0.4) is 0 Å². The fourth-order valence-corrected chi connectivity index (χ4v) is 5.70. The Labute approximate surface area is 212 Å². The van der Waals surface area contributed by atoms with E-state index in [0.717, 1.165) is 54.8 Å². The molecule has 0 aliphatic carbocycles. The van der Waals surface area contributed by atoms with Gasteiger partial charge in [0, 0.05) is 66.5 Å². The van der Waals surface area contributed by atoms with Crippen molar-refractivity contribution in [1.82, 2.24) is 14.8 Å². The van der Waals surface area contributed by atoms with Gasteiger partial charge in [0.05, 0.1) is 6.04 Å². The van der Waals surface area contributed by atoms with Crippen LogP contribution in [-0.2, 0) is 6.42 Å². The van der Waals surface area contributed by atoms with Crippen molar-refractivity contribution in [3.63, 3.8) is 0 Å². The summed E-state index contributed by atoms with van der Waals surface area (Å²) in [7, 11) is 0. The average Bonchev–Trinajstić information content (AvgIpc) is 3.14. The number of nitrogens with zero attached hydrogens (tertiary/aromatic N) is 2. The lowest BCUT2D eigenvalue weighted by Gasteiger charge is -2.44. The SMILES string of the molecule is C/C=C/CN1CC(Oc2cc(F)c([C@@H]3c4[nH]c5ccccc5c4C[C@@H](C)N3CC(C)(C)C)c(F)c2)C1. The first-order valence-corrected chi connectivity index (χ1v) is 13.0. The van der Waals surface area contributed by atoms with E-state index in [2.05, 4.69) is 54.6 Å². The molecule has 1 saturated heterocycles. The summed E-state index contributed by atoms with van der Waals surface area (Å²) in [4.78, 5) is 8.01. The number of allylic oxidation sites excluding steroid dienone is 1. The zero-order valence-electron chi connectivity index (χ0n) is 21.9. The van der Waals surface area contributed by atoms with Gasteiger partial charge in [0.25, 0.3) is 0 Å². The highest BCUT2D eigenvalue weighted by atomic mass is 19.1. The third-order valence-corrected chi connectivity index (χ3v) is 7.33. The number of aromatic amines is 1. The molecular weight excluding hydrogens is 456 g/mol. The monoisotopic (exact) mass is 493 g/mol. The Balaban J connectivity index is 1.51. The first-order chi connectivity index (χ1) is 17.1. The molecule has 3 aromatic rings. The molecule has 2 aliphatic heterocycles. The number of ether oxygens (including phenoxy) is 1. The van der Waals surface area contributed by atoms with Crippen molar-refractivity contribution in [2.75, 3.05) is 26.2 Å². The third kappa shape index (κ3) is 4.81. The van der Waals surface area contributed by atoms with E-state index in [1.807, 2.05) is 31.2 Å². The average molecular weight is 494 g/mol. The molecule has 1 aromatic heterocycles. The van der Waals surface area contributed by atoms with Crippen molar-refractivity contribution in [2.24, 2.45) is 5.41 Å². The van der Waals surface area contributed by atoms with E-state index >= 15 is 8.78 Å². The van der Waals surface area contributed by atoms with Crippen LogP contribution < -0.4 is 4.74 Å². The minimum Gasteiger partial charge on any atom is -0.488 e. The molecule has 36 heavy (non-hydrogen) atoms. The van der Waals surface area contributed by atoms with Gasteiger partial charge in [-0.25, -0.2) is 8.78 Å². The van der Waals surface area contributed by atoms with Crippen LogP contribution in [-0.4, -0.2) is 53.1 Å². The molecule has 6 heteroatoms. The number of benzene rings is 2. The Morgan fingerprint density at radius 1 is 1.11 bits per heavy atom. The Morgan fingerprint density at radius 3 is 2.47 bits per heavy atom. The molecular formula is C30H37F2N3O. The Hall–Kier alpha value is -2.70. The van der Waals surface area contributed by atoms with Gasteiger partial charge in [0.1, 0.15) is 23.5 Å². The van der Waals surface area contributed by atoms with Crippen LogP contribution in [0.1, 0.15) is 57.5 Å². The molecule has 0 radical (unpaired) electrons. The van der Waals surface area contributed by atoms with Crippen LogP contribution in [0.4, 0.5) is 8.78 Å². The molecule has 0 amide bonds. The van der Waals surface area contributed by atoms with Crippen LogP contribution in [0, 0.1) is 17.0 Å². The molecule has 3 heterocycles. The van der Waals surface area contributed by atoms with Gasteiger partial charge < -0.3 is 9.72 Å². The van der Waals surface area contributed by atoms with Gasteiger partial charge in [-0.15, -0.1) is 0 Å². The predicted molar refractivity (Wildman–Crippen MR) is 141 cm³/mol. The van der Waals surface area contributed by atoms with Crippen LogP contribution in [0.25, 0.3) is 10.9 Å². The van der Waals surface area contributed by atoms with Crippen molar-refractivity contribution >= 4 is 10.9 Å². The first kappa shape index (κ1) is 25.0. The van der Waals surface area contributed by atoms with Crippen molar-refractivity contribution in [3.8, 4) is 5.75 Å². The molecule has 0 spiro atoms. The minimum atomic E-state index is -0.558. The van der Waals surface area contributed by atoms with Crippen LogP contribution in [0.5, 0.6) is 5.75 Å². The van der Waals surface area contributed by atoms with Gasteiger partial charge in [0.2, 0.25) is 0 Å². The maximum atomic E-state index is 15.8. The van der Waals surface area contributed by atoms with E-state index in [4.69, 9.17) is 4.74 Å². The summed E-state index contributed by atoms with van der Waals surface area (Å²) < 4.78 is 37.6. The molecule has 4 nitrogen and oxygen atoms in total. The molecule has 5 rings (SSSR count). The summed E-state index contributed by atoms with van der Waals surface area (Å²) in [6.07, 6.45) is 4.90. The number of para-hydroxylation sites is 1. The lowest BCUT2D eigenvalue weighted by atomic mass is 9.85. The lowest BCUT2D eigenvalue weighted by molar-refractivity contribution is 0.0277.